The van der Waals surface area contributed by atoms with Crippen LogP contribution < -0.4 is 10.9 Å². The maximum atomic E-state index is 11.7. The third-order valence-electron chi connectivity index (χ3n) is 2.51. The van der Waals surface area contributed by atoms with Crippen LogP contribution >= 0.6 is 0 Å². The molecule has 0 bridgehead atoms. The number of carbonyl (C=O) groups excluding carboxylic acids is 1. The second kappa shape index (κ2) is 5.46. The van der Waals surface area contributed by atoms with Crippen molar-refractivity contribution in [1.82, 2.24) is 10.3 Å². The third kappa shape index (κ3) is 3.20. The molecule has 0 saturated heterocycles. The van der Waals surface area contributed by atoms with E-state index in [0.717, 1.165) is 0 Å². The number of pyridine rings is 1. The van der Waals surface area contributed by atoms with Crippen molar-refractivity contribution in [2.75, 3.05) is 6.61 Å². The van der Waals surface area contributed by atoms with Gasteiger partial charge in [-0.05, 0) is 18.9 Å². The number of aromatic nitrogens is 1. The molecule has 1 aromatic heterocycles. The van der Waals surface area contributed by atoms with Crippen LogP contribution in [0.1, 0.15) is 24.3 Å². The highest BCUT2D eigenvalue weighted by molar-refractivity contribution is 5.92. The summed E-state index contributed by atoms with van der Waals surface area (Å²) < 4.78 is 0. The molecular weight excluding hydrogens is 208 g/mol. The zero-order valence-electron chi connectivity index (χ0n) is 9.36. The summed E-state index contributed by atoms with van der Waals surface area (Å²) in [6.07, 6.45) is 0. The average molecular weight is 224 g/mol. The van der Waals surface area contributed by atoms with Gasteiger partial charge >= 0.3 is 0 Å². The molecule has 0 aliphatic carbocycles. The van der Waals surface area contributed by atoms with Crippen LogP contribution in [0.15, 0.2) is 23.0 Å². The molecule has 1 rings (SSSR count). The molecule has 0 spiro atoms. The summed E-state index contributed by atoms with van der Waals surface area (Å²) in [6, 6.07) is 4.25. The van der Waals surface area contributed by atoms with Crippen LogP contribution in [-0.2, 0) is 0 Å². The molecule has 1 heterocycles. The smallest absolute Gasteiger partial charge is 0.268 e. The molecular formula is C11H16N2O3. The molecule has 3 N–H and O–H groups in total. The van der Waals surface area contributed by atoms with Gasteiger partial charge in [0.2, 0.25) is 5.56 Å². The van der Waals surface area contributed by atoms with Gasteiger partial charge in [-0.15, -0.1) is 0 Å². The highest BCUT2D eigenvalue weighted by Crippen LogP contribution is 2.01. The van der Waals surface area contributed by atoms with Crippen molar-refractivity contribution in [3.63, 3.8) is 0 Å². The first-order valence-electron chi connectivity index (χ1n) is 5.15. The molecule has 5 heteroatoms. The summed E-state index contributed by atoms with van der Waals surface area (Å²) in [6.45, 7) is 3.64. The minimum Gasteiger partial charge on any atom is -0.396 e. The minimum atomic E-state index is -0.342. The van der Waals surface area contributed by atoms with E-state index >= 15 is 0 Å². The van der Waals surface area contributed by atoms with E-state index in [-0.39, 0.29) is 35.7 Å². The number of hydrogen-bond donors (Lipinski definition) is 3. The van der Waals surface area contributed by atoms with Gasteiger partial charge < -0.3 is 15.4 Å². The molecule has 5 nitrogen and oxygen atoms in total. The summed E-state index contributed by atoms with van der Waals surface area (Å²) >= 11 is 0. The third-order valence-corrected chi connectivity index (χ3v) is 2.51. The lowest BCUT2D eigenvalue weighted by molar-refractivity contribution is 0.0911. The molecule has 0 fully saturated rings. The van der Waals surface area contributed by atoms with Crippen molar-refractivity contribution < 1.29 is 9.90 Å². The van der Waals surface area contributed by atoms with Gasteiger partial charge in [-0.3, -0.25) is 9.59 Å². The van der Waals surface area contributed by atoms with Gasteiger partial charge in [0.15, 0.2) is 0 Å². The molecule has 2 atom stereocenters. The van der Waals surface area contributed by atoms with Gasteiger partial charge in [-0.2, -0.15) is 0 Å². The van der Waals surface area contributed by atoms with E-state index in [1.165, 1.54) is 18.2 Å². The maximum Gasteiger partial charge on any atom is 0.268 e. The minimum absolute atomic E-state index is 0.00670. The second-order valence-corrected chi connectivity index (χ2v) is 3.85. The lowest BCUT2D eigenvalue weighted by Gasteiger charge is -2.18. The van der Waals surface area contributed by atoms with Crippen molar-refractivity contribution in [1.29, 1.82) is 0 Å². The topological polar surface area (TPSA) is 82.2 Å². The van der Waals surface area contributed by atoms with E-state index in [0.29, 0.717) is 0 Å². The van der Waals surface area contributed by atoms with Gasteiger partial charge in [0.05, 0.1) is 0 Å². The predicted molar refractivity (Wildman–Crippen MR) is 60.2 cm³/mol. The van der Waals surface area contributed by atoms with E-state index in [1.807, 2.05) is 6.92 Å². The van der Waals surface area contributed by atoms with Crippen molar-refractivity contribution in [3.8, 4) is 0 Å². The van der Waals surface area contributed by atoms with E-state index in [9.17, 15) is 9.59 Å². The first-order valence-corrected chi connectivity index (χ1v) is 5.15. The maximum absolute atomic E-state index is 11.7. The largest absolute Gasteiger partial charge is 0.396 e. The first-order chi connectivity index (χ1) is 7.54. The van der Waals surface area contributed by atoms with Gasteiger partial charge in [0.1, 0.15) is 5.69 Å². The van der Waals surface area contributed by atoms with Gasteiger partial charge in [0.25, 0.3) is 5.91 Å². The fourth-order valence-corrected chi connectivity index (χ4v) is 1.17. The molecule has 2 unspecified atom stereocenters. The quantitative estimate of drug-likeness (QED) is 0.679. The Balaban J connectivity index is 2.69. The zero-order chi connectivity index (χ0) is 12.1. The number of aliphatic hydroxyl groups is 1. The van der Waals surface area contributed by atoms with Gasteiger partial charge in [-0.25, -0.2) is 0 Å². The van der Waals surface area contributed by atoms with Crippen LogP contribution in [0.2, 0.25) is 0 Å². The predicted octanol–water partition coefficient (Wildman–Crippen LogP) is 0.122. The van der Waals surface area contributed by atoms with Crippen molar-refractivity contribution >= 4 is 5.91 Å². The first kappa shape index (κ1) is 12.4. The highest BCUT2D eigenvalue weighted by Gasteiger charge is 2.15. The molecule has 0 saturated carbocycles. The van der Waals surface area contributed by atoms with Crippen LogP contribution in [0.3, 0.4) is 0 Å². The Morgan fingerprint density at radius 2 is 2.19 bits per heavy atom. The summed E-state index contributed by atoms with van der Waals surface area (Å²) in [7, 11) is 0. The van der Waals surface area contributed by atoms with Crippen LogP contribution in [0.25, 0.3) is 0 Å². The number of H-pyrrole nitrogens is 1. The fraction of sp³-hybridized carbons (Fsp3) is 0.455. The van der Waals surface area contributed by atoms with E-state index in [2.05, 4.69) is 10.3 Å². The molecule has 0 aromatic carbocycles. The Kier molecular flexibility index (Phi) is 4.25. The molecule has 0 aliphatic rings. The Labute approximate surface area is 93.5 Å². The highest BCUT2D eigenvalue weighted by atomic mass is 16.3. The monoisotopic (exact) mass is 224 g/mol. The number of nitrogens with one attached hydrogen (secondary N) is 2. The summed E-state index contributed by atoms with van der Waals surface area (Å²) in [5.74, 6) is -0.370. The zero-order valence-corrected chi connectivity index (χ0v) is 9.36. The number of rotatable bonds is 4. The fourth-order valence-electron chi connectivity index (χ4n) is 1.17. The molecule has 1 aromatic rings. The van der Waals surface area contributed by atoms with Crippen LogP contribution in [0.5, 0.6) is 0 Å². The average Bonchev–Trinajstić information content (AvgIpc) is 2.27. The normalized spacial score (nSPS) is 14.2. The number of amides is 1. The molecule has 16 heavy (non-hydrogen) atoms. The van der Waals surface area contributed by atoms with Crippen LogP contribution in [-0.4, -0.2) is 28.6 Å². The molecule has 88 valence electrons. The van der Waals surface area contributed by atoms with Crippen molar-refractivity contribution in [2.45, 2.75) is 19.9 Å². The Hall–Kier alpha value is -1.62. The summed E-state index contributed by atoms with van der Waals surface area (Å²) in [5.41, 5.74) is -0.0833. The van der Waals surface area contributed by atoms with E-state index in [4.69, 9.17) is 5.11 Å². The van der Waals surface area contributed by atoms with Crippen LogP contribution in [0.4, 0.5) is 0 Å². The summed E-state index contributed by atoms with van der Waals surface area (Å²) in [4.78, 5) is 25.1. The van der Waals surface area contributed by atoms with E-state index < -0.39 is 0 Å². The van der Waals surface area contributed by atoms with Crippen molar-refractivity contribution in [3.05, 3.63) is 34.2 Å². The van der Waals surface area contributed by atoms with Crippen LogP contribution in [0, 0.1) is 5.92 Å². The Morgan fingerprint density at radius 3 is 2.75 bits per heavy atom. The standard InChI is InChI=1S/C11H16N2O3/c1-7(6-14)8(2)12-11(16)9-4-3-5-10(15)13-9/h3-5,7-8,14H,6H2,1-2H3,(H,12,16)(H,13,15). The van der Waals surface area contributed by atoms with E-state index in [1.54, 1.807) is 6.92 Å². The Bertz CT molecular complexity index is 414. The van der Waals surface area contributed by atoms with Gasteiger partial charge in [-0.1, -0.05) is 13.0 Å². The second-order valence-electron chi connectivity index (χ2n) is 3.85. The summed E-state index contributed by atoms with van der Waals surface area (Å²) in [5, 5.41) is 11.6. The van der Waals surface area contributed by atoms with Crippen molar-refractivity contribution in [2.24, 2.45) is 5.92 Å². The molecule has 1 amide bonds. The lowest BCUT2D eigenvalue weighted by atomic mass is 10.1. The Morgan fingerprint density at radius 1 is 1.50 bits per heavy atom. The number of aliphatic hydroxyl groups excluding tert-OH is 1. The van der Waals surface area contributed by atoms with Gasteiger partial charge in [0, 0.05) is 18.7 Å². The SMILES string of the molecule is CC(CO)C(C)NC(=O)c1cccc(=O)[nH]1. The molecule has 0 aliphatic heterocycles. The molecule has 0 radical (unpaired) electrons. The number of hydrogen-bond acceptors (Lipinski definition) is 3. The lowest BCUT2D eigenvalue weighted by Crippen LogP contribution is -2.39. The number of aromatic amines is 1. The number of carbonyl (C=O) groups is 1.